The minimum atomic E-state index is -0.160. The van der Waals surface area contributed by atoms with Gasteiger partial charge in [-0.2, -0.15) is 0 Å². The fourth-order valence-corrected chi connectivity index (χ4v) is 5.60. The second kappa shape index (κ2) is 13.7. The average molecular weight is 555 g/mol. The number of likely N-dealkylation sites (tertiary alicyclic amines) is 1. The van der Waals surface area contributed by atoms with Crippen LogP contribution < -0.4 is 10.1 Å². The maximum absolute atomic E-state index is 12.9. The van der Waals surface area contributed by atoms with Crippen LogP contribution >= 0.6 is 0 Å². The quantitative estimate of drug-likeness (QED) is 0.252. The van der Waals surface area contributed by atoms with Gasteiger partial charge in [0.2, 0.25) is 5.88 Å². The Morgan fingerprint density at radius 2 is 1.80 bits per heavy atom. The number of aromatic amines is 1. The van der Waals surface area contributed by atoms with Gasteiger partial charge in [-0.05, 0) is 79.2 Å². The van der Waals surface area contributed by atoms with Gasteiger partial charge in [-0.3, -0.25) is 14.6 Å². The zero-order valence-electron chi connectivity index (χ0n) is 24.5. The van der Waals surface area contributed by atoms with E-state index in [0.29, 0.717) is 24.2 Å². The van der Waals surface area contributed by atoms with E-state index in [9.17, 15) is 4.79 Å². The van der Waals surface area contributed by atoms with E-state index in [4.69, 9.17) is 4.74 Å². The highest BCUT2D eigenvalue weighted by Gasteiger charge is 2.22. The number of methoxy groups -OCH3 is 1. The number of amides is 1. The number of aryl methyl sites for hydroxylation is 1. The normalized spacial score (nSPS) is 14.5. The van der Waals surface area contributed by atoms with Gasteiger partial charge in [0, 0.05) is 38.4 Å². The van der Waals surface area contributed by atoms with Crippen LogP contribution in [0.3, 0.4) is 0 Å². The Morgan fingerprint density at radius 3 is 2.49 bits per heavy atom. The average Bonchev–Trinajstić information content (AvgIpc) is 3.45. The van der Waals surface area contributed by atoms with Crippen LogP contribution in [0.5, 0.6) is 5.88 Å². The number of nitrogens with zero attached hydrogens (tertiary/aromatic N) is 4. The molecule has 3 heterocycles. The van der Waals surface area contributed by atoms with Gasteiger partial charge in [0.05, 0.1) is 18.1 Å². The number of ether oxygens (including phenoxy) is 1. The molecule has 1 amide bonds. The number of carbonyl (C=O) groups is 1. The molecule has 0 saturated carbocycles. The van der Waals surface area contributed by atoms with Crippen LogP contribution in [-0.2, 0) is 19.5 Å². The van der Waals surface area contributed by atoms with Crippen molar-refractivity contribution in [1.82, 2.24) is 30.1 Å². The smallest absolute Gasteiger partial charge is 0.287 e. The van der Waals surface area contributed by atoms with Gasteiger partial charge in [0.1, 0.15) is 0 Å². The number of rotatable bonds is 12. The SMILES string of the molecule is CCc1ccc(CN(CC)CCNC(=O)c2nc3ccc(C4CCN(Cc5ccc(OC)nc5)CC4)cc3[nH]2)cc1. The molecule has 0 aliphatic carbocycles. The maximum atomic E-state index is 12.9. The van der Waals surface area contributed by atoms with Gasteiger partial charge in [0.25, 0.3) is 5.91 Å². The van der Waals surface area contributed by atoms with Crippen molar-refractivity contribution in [2.45, 2.75) is 52.1 Å². The van der Waals surface area contributed by atoms with Crippen LogP contribution in [0.2, 0.25) is 0 Å². The lowest BCUT2D eigenvalue weighted by Crippen LogP contribution is -2.35. The topological polar surface area (TPSA) is 86.4 Å². The van der Waals surface area contributed by atoms with Crippen LogP contribution in [0, 0.1) is 0 Å². The number of hydrogen-bond donors (Lipinski definition) is 2. The van der Waals surface area contributed by atoms with Crippen molar-refractivity contribution in [3.8, 4) is 5.88 Å². The molecule has 0 spiro atoms. The predicted molar refractivity (Wildman–Crippen MR) is 163 cm³/mol. The van der Waals surface area contributed by atoms with E-state index in [-0.39, 0.29) is 5.91 Å². The molecule has 5 rings (SSSR count). The van der Waals surface area contributed by atoms with Gasteiger partial charge in [-0.25, -0.2) is 9.97 Å². The number of nitrogens with one attached hydrogen (secondary N) is 2. The van der Waals surface area contributed by atoms with E-state index in [0.717, 1.165) is 69.6 Å². The zero-order chi connectivity index (χ0) is 28.6. The monoisotopic (exact) mass is 554 g/mol. The Morgan fingerprint density at radius 1 is 1.05 bits per heavy atom. The first-order valence-electron chi connectivity index (χ1n) is 14.8. The largest absolute Gasteiger partial charge is 0.481 e. The number of carbonyl (C=O) groups excluding carboxylic acids is 1. The van der Waals surface area contributed by atoms with Crippen molar-refractivity contribution < 1.29 is 9.53 Å². The molecule has 0 bridgehead atoms. The molecule has 0 atom stereocenters. The summed E-state index contributed by atoms with van der Waals surface area (Å²) in [6.45, 7) is 10.5. The summed E-state index contributed by atoms with van der Waals surface area (Å²) in [5.74, 6) is 1.36. The highest BCUT2D eigenvalue weighted by Crippen LogP contribution is 2.30. The number of fused-ring (bicyclic) bond motifs is 1. The molecule has 1 aliphatic heterocycles. The fourth-order valence-electron chi connectivity index (χ4n) is 5.60. The molecule has 4 aromatic rings. The third kappa shape index (κ3) is 7.51. The Labute approximate surface area is 243 Å². The van der Waals surface area contributed by atoms with E-state index in [2.05, 4.69) is 86.4 Å². The molecular formula is C33H42N6O2. The summed E-state index contributed by atoms with van der Waals surface area (Å²) in [5.41, 5.74) is 6.91. The number of likely N-dealkylation sites (N-methyl/N-ethyl adjacent to an activating group) is 1. The standard InChI is InChI=1S/C33H42N6O2/c1-4-24-6-8-25(9-7-24)22-38(5-2)19-16-34-33(40)32-36-29-12-11-28(20-30(29)37-32)27-14-17-39(18-15-27)23-26-10-13-31(41-3)35-21-26/h6-13,20-21,27H,4-5,14-19,22-23H2,1-3H3,(H,34,40)(H,36,37). The number of hydrogen-bond acceptors (Lipinski definition) is 6. The Hall–Kier alpha value is -3.75. The lowest BCUT2D eigenvalue weighted by atomic mass is 9.89. The second-order valence-corrected chi connectivity index (χ2v) is 10.9. The van der Waals surface area contributed by atoms with Crippen LogP contribution in [0.4, 0.5) is 0 Å². The summed E-state index contributed by atoms with van der Waals surface area (Å²) in [6, 6.07) is 19.2. The molecule has 1 aliphatic rings. The molecule has 2 aromatic heterocycles. The molecule has 2 aromatic carbocycles. The number of benzene rings is 2. The molecule has 8 heteroatoms. The third-order valence-electron chi connectivity index (χ3n) is 8.19. The van der Waals surface area contributed by atoms with Crippen molar-refractivity contribution in [3.63, 3.8) is 0 Å². The lowest BCUT2D eigenvalue weighted by molar-refractivity contribution is 0.0939. The van der Waals surface area contributed by atoms with Crippen LogP contribution in [0.25, 0.3) is 11.0 Å². The molecule has 1 saturated heterocycles. The van der Waals surface area contributed by atoms with Crippen molar-refractivity contribution in [2.75, 3.05) is 39.8 Å². The van der Waals surface area contributed by atoms with Crippen molar-refractivity contribution in [3.05, 3.63) is 88.9 Å². The van der Waals surface area contributed by atoms with Gasteiger partial charge in [0.15, 0.2) is 5.82 Å². The highest BCUT2D eigenvalue weighted by atomic mass is 16.5. The van der Waals surface area contributed by atoms with E-state index >= 15 is 0 Å². The van der Waals surface area contributed by atoms with Crippen LogP contribution in [0.15, 0.2) is 60.8 Å². The predicted octanol–water partition coefficient (Wildman–Crippen LogP) is 5.16. The van der Waals surface area contributed by atoms with Gasteiger partial charge >= 0.3 is 0 Å². The first kappa shape index (κ1) is 28.8. The molecule has 8 nitrogen and oxygen atoms in total. The molecular weight excluding hydrogens is 512 g/mol. The Bertz CT molecular complexity index is 1410. The third-order valence-corrected chi connectivity index (χ3v) is 8.19. The van der Waals surface area contributed by atoms with Gasteiger partial charge < -0.3 is 15.0 Å². The van der Waals surface area contributed by atoms with Crippen molar-refractivity contribution >= 4 is 16.9 Å². The van der Waals surface area contributed by atoms with Crippen LogP contribution in [-0.4, -0.2) is 70.5 Å². The Balaban J connectivity index is 1.11. The van der Waals surface area contributed by atoms with Crippen molar-refractivity contribution in [2.24, 2.45) is 0 Å². The van der Waals surface area contributed by atoms with Crippen LogP contribution in [0.1, 0.15) is 65.5 Å². The number of pyridine rings is 1. The van der Waals surface area contributed by atoms with E-state index in [1.54, 1.807) is 7.11 Å². The van der Waals surface area contributed by atoms with Crippen molar-refractivity contribution in [1.29, 1.82) is 0 Å². The first-order valence-corrected chi connectivity index (χ1v) is 14.8. The first-order chi connectivity index (χ1) is 20.0. The van der Waals surface area contributed by atoms with E-state index < -0.39 is 0 Å². The molecule has 1 fully saturated rings. The van der Waals surface area contributed by atoms with E-state index in [1.807, 2.05) is 18.3 Å². The number of piperidine rings is 1. The minimum Gasteiger partial charge on any atom is -0.481 e. The van der Waals surface area contributed by atoms with E-state index in [1.165, 1.54) is 22.3 Å². The summed E-state index contributed by atoms with van der Waals surface area (Å²) >= 11 is 0. The molecule has 216 valence electrons. The summed E-state index contributed by atoms with van der Waals surface area (Å²) in [5, 5.41) is 3.05. The maximum Gasteiger partial charge on any atom is 0.287 e. The summed E-state index contributed by atoms with van der Waals surface area (Å²) in [4.78, 5) is 29.9. The number of H-pyrrole nitrogens is 1. The van der Waals surface area contributed by atoms with Gasteiger partial charge in [-0.1, -0.05) is 50.2 Å². The molecule has 0 radical (unpaired) electrons. The molecule has 0 unspecified atom stereocenters. The summed E-state index contributed by atoms with van der Waals surface area (Å²) in [6.07, 6.45) is 5.16. The molecule has 41 heavy (non-hydrogen) atoms. The lowest BCUT2D eigenvalue weighted by Gasteiger charge is -2.32. The highest BCUT2D eigenvalue weighted by molar-refractivity contribution is 5.94. The minimum absolute atomic E-state index is 0.160. The van der Waals surface area contributed by atoms with Gasteiger partial charge in [-0.15, -0.1) is 0 Å². The molecule has 2 N–H and O–H groups in total. The second-order valence-electron chi connectivity index (χ2n) is 10.9. The summed E-state index contributed by atoms with van der Waals surface area (Å²) in [7, 11) is 1.64. The number of imidazole rings is 1. The summed E-state index contributed by atoms with van der Waals surface area (Å²) < 4.78 is 5.17. The fraction of sp³-hybridized carbons (Fsp3) is 0.424. The Kier molecular flexibility index (Phi) is 9.64. The number of aromatic nitrogens is 3. The zero-order valence-corrected chi connectivity index (χ0v) is 24.5.